The second-order valence-corrected chi connectivity index (χ2v) is 6.31. The first kappa shape index (κ1) is 19.2. The van der Waals surface area contributed by atoms with Gasteiger partial charge >= 0.3 is 12.2 Å². The number of carbonyl (C=O) groups is 1. The predicted octanol–water partition coefficient (Wildman–Crippen LogP) is 2.19. The highest BCUT2D eigenvalue weighted by molar-refractivity contribution is 5.75. The lowest BCUT2D eigenvalue weighted by atomic mass is 10.1. The van der Waals surface area contributed by atoms with Gasteiger partial charge in [-0.3, -0.25) is 10.1 Å². The summed E-state index contributed by atoms with van der Waals surface area (Å²) < 4.78 is 43.7. The van der Waals surface area contributed by atoms with Crippen LogP contribution in [0.3, 0.4) is 0 Å². The van der Waals surface area contributed by atoms with Gasteiger partial charge in [-0.05, 0) is 12.1 Å². The summed E-state index contributed by atoms with van der Waals surface area (Å²) in [7, 11) is 0. The Morgan fingerprint density at radius 2 is 1.63 bits per heavy atom. The van der Waals surface area contributed by atoms with Crippen LogP contribution in [0.25, 0.3) is 0 Å². The third-order valence-corrected chi connectivity index (χ3v) is 4.67. The zero-order valence-electron chi connectivity index (χ0n) is 14.4. The maximum atomic E-state index is 12.8. The number of halogens is 3. The van der Waals surface area contributed by atoms with Crippen LogP contribution >= 0.6 is 0 Å². The second kappa shape index (κ2) is 7.59. The molecule has 0 saturated carbocycles. The number of amides is 2. The smallest absolute Gasteiger partial charge is 0.378 e. The summed E-state index contributed by atoms with van der Waals surface area (Å²) in [6.45, 7) is 3.31. The molecular weight excluding hydrogens is 369 g/mol. The predicted molar refractivity (Wildman–Crippen MR) is 89.7 cm³/mol. The lowest BCUT2D eigenvalue weighted by Gasteiger charge is -2.39. The van der Waals surface area contributed by atoms with Crippen LogP contribution in [0.15, 0.2) is 18.2 Å². The summed E-state index contributed by atoms with van der Waals surface area (Å²) in [5.41, 5.74) is -1.51. The summed E-state index contributed by atoms with van der Waals surface area (Å²) in [6, 6.07) is 2.41. The number of anilines is 1. The van der Waals surface area contributed by atoms with Crippen LogP contribution in [0, 0.1) is 10.1 Å². The largest absolute Gasteiger partial charge is 0.416 e. The standard InChI is InChI=1S/C16H19F3N4O4/c17-16(18,19)12-1-2-13(14(11-12)23(25)26)20-3-5-21(6-4-20)15(24)22-7-9-27-10-8-22/h1-2,11H,3-10H2. The fraction of sp³-hybridized carbons (Fsp3) is 0.562. The Labute approximate surface area is 153 Å². The molecule has 27 heavy (non-hydrogen) atoms. The van der Waals surface area contributed by atoms with Gasteiger partial charge in [0, 0.05) is 45.3 Å². The van der Waals surface area contributed by atoms with Gasteiger partial charge in [-0.1, -0.05) is 0 Å². The van der Waals surface area contributed by atoms with Crippen molar-refractivity contribution in [3.05, 3.63) is 33.9 Å². The van der Waals surface area contributed by atoms with Crippen molar-refractivity contribution in [1.29, 1.82) is 0 Å². The van der Waals surface area contributed by atoms with Gasteiger partial charge in [-0.15, -0.1) is 0 Å². The summed E-state index contributed by atoms with van der Waals surface area (Å²) in [5.74, 6) is 0. The zero-order chi connectivity index (χ0) is 19.6. The molecule has 0 spiro atoms. The summed E-state index contributed by atoms with van der Waals surface area (Å²) >= 11 is 0. The average Bonchev–Trinajstić information content (AvgIpc) is 2.67. The van der Waals surface area contributed by atoms with Gasteiger partial charge in [-0.2, -0.15) is 13.2 Å². The maximum absolute atomic E-state index is 12.8. The number of carbonyl (C=O) groups excluding carboxylic acids is 1. The molecule has 1 aromatic carbocycles. The molecule has 11 heteroatoms. The van der Waals surface area contributed by atoms with E-state index in [9.17, 15) is 28.1 Å². The van der Waals surface area contributed by atoms with Crippen molar-refractivity contribution in [2.75, 3.05) is 57.4 Å². The van der Waals surface area contributed by atoms with E-state index in [0.29, 0.717) is 58.5 Å². The van der Waals surface area contributed by atoms with E-state index in [1.165, 1.54) is 0 Å². The van der Waals surface area contributed by atoms with Crippen molar-refractivity contribution in [3.63, 3.8) is 0 Å². The van der Waals surface area contributed by atoms with Crippen LogP contribution in [0.1, 0.15) is 5.56 Å². The molecule has 0 N–H and O–H groups in total. The minimum atomic E-state index is -4.65. The highest BCUT2D eigenvalue weighted by atomic mass is 19.4. The number of hydrogen-bond acceptors (Lipinski definition) is 5. The van der Waals surface area contributed by atoms with Gasteiger partial charge in [0.05, 0.1) is 23.7 Å². The van der Waals surface area contributed by atoms with Crippen molar-refractivity contribution in [2.24, 2.45) is 0 Å². The van der Waals surface area contributed by atoms with E-state index >= 15 is 0 Å². The van der Waals surface area contributed by atoms with E-state index in [1.54, 1.807) is 14.7 Å². The summed E-state index contributed by atoms with van der Waals surface area (Å²) in [6.07, 6.45) is -4.65. The van der Waals surface area contributed by atoms with Crippen LogP contribution in [0.4, 0.5) is 29.3 Å². The Bertz CT molecular complexity index is 714. The van der Waals surface area contributed by atoms with Gasteiger partial charge in [0.2, 0.25) is 0 Å². The van der Waals surface area contributed by atoms with E-state index in [4.69, 9.17) is 4.74 Å². The lowest BCUT2D eigenvalue weighted by Crippen LogP contribution is -2.54. The van der Waals surface area contributed by atoms with Gasteiger partial charge in [0.1, 0.15) is 5.69 Å². The Morgan fingerprint density at radius 1 is 1.04 bits per heavy atom. The number of piperazine rings is 1. The molecule has 0 atom stereocenters. The van der Waals surface area contributed by atoms with E-state index in [1.807, 2.05) is 0 Å². The number of hydrogen-bond donors (Lipinski definition) is 0. The van der Waals surface area contributed by atoms with Crippen molar-refractivity contribution in [2.45, 2.75) is 6.18 Å². The van der Waals surface area contributed by atoms with Crippen LogP contribution in [0.5, 0.6) is 0 Å². The molecule has 0 unspecified atom stereocenters. The number of ether oxygens (including phenoxy) is 1. The molecule has 2 saturated heterocycles. The molecule has 1 aromatic rings. The molecular formula is C16H19F3N4O4. The molecule has 0 aliphatic carbocycles. The van der Waals surface area contributed by atoms with Crippen LogP contribution in [-0.2, 0) is 10.9 Å². The number of rotatable bonds is 2. The SMILES string of the molecule is O=C(N1CCOCC1)N1CCN(c2ccc(C(F)(F)F)cc2[N+](=O)[O-])CC1. The van der Waals surface area contributed by atoms with Gasteiger partial charge in [0.25, 0.3) is 5.69 Å². The fourth-order valence-corrected chi connectivity index (χ4v) is 3.21. The lowest BCUT2D eigenvalue weighted by molar-refractivity contribution is -0.384. The van der Waals surface area contributed by atoms with E-state index in [-0.39, 0.29) is 11.7 Å². The Morgan fingerprint density at radius 3 is 2.19 bits per heavy atom. The normalized spacial score (nSPS) is 18.6. The van der Waals surface area contributed by atoms with Crippen molar-refractivity contribution < 1.29 is 27.6 Å². The molecule has 2 amide bonds. The third kappa shape index (κ3) is 4.24. The van der Waals surface area contributed by atoms with Crippen molar-refractivity contribution in [1.82, 2.24) is 9.80 Å². The van der Waals surface area contributed by atoms with E-state index < -0.39 is 22.4 Å². The van der Waals surface area contributed by atoms with E-state index in [0.717, 1.165) is 12.1 Å². The van der Waals surface area contributed by atoms with Gasteiger partial charge in [0.15, 0.2) is 0 Å². The number of nitro groups is 1. The van der Waals surface area contributed by atoms with Crippen LogP contribution < -0.4 is 4.90 Å². The van der Waals surface area contributed by atoms with Crippen LogP contribution in [0.2, 0.25) is 0 Å². The fourth-order valence-electron chi connectivity index (χ4n) is 3.21. The maximum Gasteiger partial charge on any atom is 0.416 e. The Hall–Kier alpha value is -2.56. The quantitative estimate of drug-likeness (QED) is 0.573. The zero-order valence-corrected chi connectivity index (χ0v) is 14.4. The molecule has 0 radical (unpaired) electrons. The monoisotopic (exact) mass is 388 g/mol. The topological polar surface area (TPSA) is 79.2 Å². The molecule has 2 fully saturated rings. The number of urea groups is 1. The third-order valence-electron chi connectivity index (χ3n) is 4.67. The number of alkyl halides is 3. The number of nitro benzene ring substituents is 1. The highest BCUT2D eigenvalue weighted by Crippen LogP contribution is 2.36. The first-order valence-electron chi connectivity index (χ1n) is 8.49. The first-order chi connectivity index (χ1) is 12.8. The second-order valence-electron chi connectivity index (χ2n) is 6.31. The molecule has 148 valence electrons. The molecule has 0 aromatic heterocycles. The molecule has 0 bridgehead atoms. The first-order valence-corrected chi connectivity index (χ1v) is 8.49. The average molecular weight is 388 g/mol. The van der Waals surface area contributed by atoms with Gasteiger partial charge < -0.3 is 19.4 Å². The number of benzene rings is 1. The highest BCUT2D eigenvalue weighted by Gasteiger charge is 2.34. The molecule has 2 heterocycles. The molecule has 3 rings (SSSR count). The molecule has 8 nitrogen and oxygen atoms in total. The van der Waals surface area contributed by atoms with Crippen LogP contribution in [-0.4, -0.2) is 73.2 Å². The van der Waals surface area contributed by atoms with Gasteiger partial charge in [-0.25, -0.2) is 4.79 Å². The van der Waals surface area contributed by atoms with E-state index in [2.05, 4.69) is 0 Å². The number of morpholine rings is 1. The molecule has 2 aliphatic heterocycles. The minimum absolute atomic E-state index is 0.111. The summed E-state index contributed by atoms with van der Waals surface area (Å²) in [4.78, 5) is 27.9. The molecule has 2 aliphatic rings. The Balaban J connectivity index is 1.70. The van der Waals surface area contributed by atoms with Crippen molar-refractivity contribution >= 4 is 17.4 Å². The minimum Gasteiger partial charge on any atom is -0.378 e. The summed E-state index contributed by atoms with van der Waals surface area (Å²) in [5, 5.41) is 11.3. The Kier molecular flexibility index (Phi) is 5.40. The number of nitrogens with zero attached hydrogens (tertiary/aromatic N) is 4. The van der Waals surface area contributed by atoms with Crippen molar-refractivity contribution in [3.8, 4) is 0 Å².